The highest BCUT2D eigenvalue weighted by atomic mass is 16.2. The minimum Gasteiger partial charge on any atom is -0.351 e. The molecule has 0 aliphatic heterocycles. The van der Waals surface area contributed by atoms with E-state index in [0.29, 0.717) is 16.9 Å². The highest BCUT2D eigenvalue weighted by molar-refractivity contribution is 6.09. The van der Waals surface area contributed by atoms with Crippen LogP contribution < -0.4 is 15.5 Å². The van der Waals surface area contributed by atoms with E-state index in [4.69, 9.17) is 0 Å². The maximum Gasteiger partial charge on any atom is 0.279 e. The van der Waals surface area contributed by atoms with E-state index in [1.54, 1.807) is 24.3 Å². The Morgan fingerprint density at radius 2 is 1.66 bits per heavy atom. The number of carbonyl (C=O) groups is 3. The van der Waals surface area contributed by atoms with Gasteiger partial charge in [-0.05, 0) is 42.7 Å². The van der Waals surface area contributed by atoms with Gasteiger partial charge < -0.3 is 10.6 Å². The molecule has 1 saturated carbocycles. The molecule has 2 N–H and O–H groups in total. The number of aromatic nitrogens is 2. The molecule has 0 radical (unpaired) electrons. The zero-order valence-corrected chi connectivity index (χ0v) is 19.7. The van der Waals surface area contributed by atoms with Gasteiger partial charge in [-0.25, -0.2) is 4.98 Å². The van der Waals surface area contributed by atoms with E-state index in [1.807, 2.05) is 30.3 Å². The van der Waals surface area contributed by atoms with Gasteiger partial charge in [0.15, 0.2) is 0 Å². The van der Waals surface area contributed by atoms with Crippen molar-refractivity contribution in [2.24, 2.45) is 0 Å². The van der Waals surface area contributed by atoms with Crippen LogP contribution in [-0.4, -0.2) is 33.7 Å². The van der Waals surface area contributed by atoms with Crippen molar-refractivity contribution in [1.29, 1.82) is 0 Å². The van der Waals surface area contributed by atoms with Gasteiger partial charge in [0.25, 0.3) is 5.91 Å². The zero-order chi connectivity index (χ0) is 24.6. The van der Waals surface area contributed by atoms with Crippen molar-refractivity contribution < 1.29 is 14.4 Å². The molecule has 1 aliphatic carbocycles. The van der Waals surface area contributed by atoms with Gasteiger partial charge in [-0.1, -0.05) is 49.6 Å². The molecule has 1 fully saturated rings. The van der Waals surface area contributed by atoms with Crippen LogP contribution in [0.5, 0.6) is 0 Å². The maximum absolute atomic E-state index is 13.8. The third kappa shape index (κ3) is 6.09. The first-order valence-corrected chi connectivity index (χ1v) is 11.9. The molecule has 3 aromatic rings. The van der Waals surface area contributed by atoms with Crippen molar-refractivity contribution in [2.45, 2.75) is 51.1 Å². The van der Waals surface area contributed by atoms with Crippen LogP contribution in [0, 0.1) is 0 Å². The quantitative estimate of drug-likeness (QED) is 0.535. The van der Waals surface area contributed by atoms with Crippen molar-refractivity contribution in [2.75, 3.05) is 10.2 Å². The maximum atomic E-state index is 13.8. The molecule has 8 nitrogen and oxygen atoms in total. The third-order valence-electron chi connectivity index (χ3n) is 6.04. The van der Waals surface area contributed by atoms with E-state index in [2.05, 4.69) is 20.6 Å². The summed E-state index contributed by atoms with van der Waals surface area (Å²) in [6.45, 7) is 1.43. The highest BCUT2D eigenvalue weighted by Gasteiger charge is 2.35. The largest absolute Gasteiger partial charge is 0.351 e. The number of benzene rings is 2. The predicted molar refractivity (Wildman–Crippen MR) is 134 cm³/mol. The number of rotatable bonds is 7. The Labute approximate surface area is 204 Å². The number of hydrogen-bond acceptors (Lipinski definition) is 5. The highest BCUT2D eigenvalue weighted by Crippen LogP contribution is 2.31. The van der Waals surface area contributed by atoms with E-state index in [0.717, 1.165) is 25.7 Å². The van der Waals surface area contributed by atoms with Crippen LogP contribution in [0.15, 0.2) is 73.2 Å². The van der Waals surface area contributed by atoms with E-state index in [9.17, 15) is 14.4 Å². The Kier molecular flexibility index (Phi) is 7.82. The van der Waals surface area contributed by atoms with Crippen molar-refractivity contribution >= 4 is 29.1 Å². The molecule has 4 rings (SSSR count). The second kappa shape index (κ2) is 11.4. The zero-order valence-electron chi connectivity index (χ0n) is 19.7. The van der Waals surface area contributed by atoms with Crippen LogP contribution in [0.25, 0.3) is 0 Å². The average Bonchev–Trinajstić information content (AvgIpc) is 2.88. The predicted octanol–water partition coefficient (Wildman–Crippen LogP) is 4.27. The first kappa shape index (κ1) is 24.1. The monoisotopic (exact) mass is 471 g/mol. The van der Waals surface area contributed by atoms with Gasteiger partial charge >= 0.3 is 0 Å². The normalized spacial score (nSPS) is 14.5. The topological polar surface area (TPSA) is 104 Å². The van der Waals surface area contributed by atoms with Gasteiger partial charge in [-0.2, -0.15) is 0 Å². The average molecular weight is 472 g/mol. The summed E-state index contributed by atoms with van der Waals surface area (Å²) in [5.41, 5.74) is 1.91. The molecule has 1 aliphatic rings. The van der Waals surface area contributed by atoms with Crippen LogP contribution in [0.1, 0.15) is 61.1 Å². The van der Waals surface area contributed by atoms with E-state index in [-0.39, 0.29) is 23.6 Å². The van der Waals surface area contributed by atoms with Crippen molar-refractivity contribution in [3.63, 3.8) is 0 Å². The molecule has 180 valence electrons. The molecule has 1 atom stereocenters. The van der Waals surface area contributed by atoms with Crippen LogP contribution in [0.3, 0.4) is 0 Å². The van der Waals surface area contributed by atoms with Gasteiger partial charge in [-0.15, -0.1) is 0 Å². The molecule has 2 aromatic carbocycles. The molecule has 35 heavy (non-hydrogen) atoms. The fourth-order valence-electron chi connectivity index (χ4n) is 4.41. The molecular weight excluding hydrogens is 442 g/mol. The molecule has 1 heterocycles. The Morgan fingerprint density at radius 3 is 2.29 bits per heavy atom. The number of nitrogens with zero attached hydrogens (tertiary/aromatic N) is 3. The van der Waals surface area contributed by atoms with Crippen LogP contribution in [0.4, 0.5) is 11.4 Å². The van der Waals surface area contributed by atoms with Gasteiger partial charge in [-0.3, -0.25) is 24.3 Å². The SMILES string of the molecule is CC(=O)Nc1ccc(N(C(=O)c2cnccn2)[C@@H](C(=O)NC2CCCCC2)c2ccccc2)cc1. The van der Waals surface area contributed by atoms with E-state index < -0.39 is 11.9 Å². The smallest absolute Gasteiger partial charge is 0.279 e. The lowest BCUT2D eigenvalue weighted by Crippen LogP contribution is -2.47. The number of amides is 3. The summed E-state index contributed by atoms with van der Waals surface area (Å²) < 4.78 is 0. The standard InChI is InChI=1S/C27H29N5O3/c1-19(33)30-22-12-14-23(15-13-22)32(27(35)24-18-28-16-17-29-24)25(20-8-4-2-5-9-20)26(34)31-21-10-6-3-7-11-21/h2,4-5,8-9,12-18,21,25H,3,6-7,10-11H2,1H3,(H,30,33)(H,31,34)/t25-/m1/s1. The van der Waals surface area contributed by atoms with Gasteiger partial charge in [0.1, 0.15) is 11.7 Å². The number of nitrogens with one attached hydrogen (secondary N) is 2. The van der Waals surface area contributed by atoms with Crippen LogP contribution in [-0.2, 0) is 9.59 Å². The lowest BCUT2D eigenvalue weighted by atomic mass is 9.94. The summed E-state index contributed by atoms with van der Waals surface area (Å²) in [5, 5.41) is 5.91. The summed E-state index contributed by atoms with van der Waals surface area (Å²) in [7, 11) is 0. The first-order valence-electron chi connectivity index (χ1n) is 11.9. The van der Waals surface area contributed by atoms with Gasteiger partial charge in [0.2, 0.25) is 11.8 Å². The second-order valence-electron chi connectivity index (χ2n) is 8.65. The molecular formula is C27H29N5O3. The fourth-order valence-corrected chi connectivity index (χ4v) is 4.41. The van der Waals surface area contributed by atoms with Gasteiger partial charge in [0.05, 0.1) is 6.20 Å². The Balaban J connectivity index is 1.76. The lowest BCUT2D eigenvalue weighted by Gasteiger charge is -2.33. The second-order valence-corrected chi connectivity index (χ2v) is 8.65. The summed E-state index contributed by atoms with van der Waals surface area (Å²) in [6, 6.07) is 15.2. The molecule has 1 aromatic heterocycles. The summed E-state index contributed by atoms with van der Waals surface area (Å²) in [6.07, 6.45) is 9.52. The number of hydrogen-bond donors (Lipinski definition) is 2. The molecule has 8 heteroatoms. The lowest BCUT2D eigenvalue weighted by molar-refractivity contribution is -0.123. The summed E-state index contributed by atoms with van der Waals surface area (Å²) in [5.74, 6) is -0.886. The molecule has 0 spiro atoms. The van der Waals surface area contributed by atoms with Gasteiger partial charge in [0, 0.05) is 36.7 Å². The fraction of sp³-hybridized carbons (Fsp3) is 0.296. The molecule has 0 bridgehead atoms. The number of carbonyl (C=O) groups excluding carboxylic acids is 3. The molecule has 0 saturated heterocycles. The van der Waals surface area contributed by atoms with Crippen LogP contribution in [0.2, 0.25) is 0 Å². The van der Waals surface area contributed by atoms with Crippen molar-refractivity contribution in [3.8, 4) is 0 Å². The van der Waals surface area contributed by atoms with Crippen LogP contribution >= 0.6 is 0 Å². The summed E-state index contributed by atoms with van der Waals surface area (Å²) >= 11 is 0. The van der Waals surface area contributed by atoms with E-state index in [1.165, 1.54) is 36.8 Å². The van der Waals surface area contributed by atoms with E-state index >= 15 is 0 Å². The number of anilines is 2. The van der Waals surface area contributed by atoms with Crippen molar-refractivity contribution in [1.82, 2.24) is 15.3 Å². The molecule has 0 unspecified atom stereocenters. The summed E-state index contributed by atoms with van der Waals surface area (Å²) in [4.78, 5) is 48.7. The van der Waals surface area contributed by atoms with Crippen molar-refractivity contribution in [3.05, 3.63) is 84.4 Å². The minimum absolute atomic E-state index is 0.0815. The Hall–Kier alpha value is -4.07. The molecule has 3 amide bonds. The Bertz CT molecular complexity index is 1150. The third-order valence-corrected chi connectivity index (χ3v) is 6.04. The Morgan fingerprint density at radius 1 is 0.943 bits per heavy atom. The first-order chi connectivity index (χ1) is 17.0. The minimum atomic E-state index is -0.917.